The number of benzene rings is 1. The topological polar surface area (TPSA) is 64.1 Å². The van der Waals surface area contributed by atoms with Gasteiger partial charge in [0.1, 0.15) is 16.3 Å². The van der Waals surface area contributed by atoms with Crippen LogP contribution in [0.5, 0.6) is 5.75 Å². The number of carbonyl (C=O) groups excluding carboxylic acids is 1. The highest BCUT2D eigenvalue weighted by Gasteiger charge is 2.35. The Morgan fingerprint density at radius 1 is 1.29 bits per heavy atom. The summed E-state index contributed by atoms with van der Waals surface area (Å²) in [6.07, 6.45) is 7.06. The van der Waals surface area contributed by atoms with Gasteiger partial charge in [-0.3, -0.25) is 4.79 Å². The molecule has 2 aliphatic rings. The number of aromatic nitrogens is 2. The molecule has 3 atom stereocenters. The number of amides is 1. The molecule has 1 amide bonds. The Morgan fingerprint density at radius 2 is 2.12 bits per heavy atom. The Labute approximate surface area is 144 Å². The predicted molar refractivity (Wildman–Crippen MR) is 93.1 cm³/mol. The minimum absolute atomic E-state index is 0.0810. The molecule has 0 unspecified atom stereocenters. The normalized spacial score (nSPS) is 24.3. The van der Waals surface area contributed by atoms with Crippen molar-refractivity contribution in [3.63, 3.8) is 0 Å². The largest absolute Gasteiger partial charge is 0.497 e. The molecular formula is C18H19N3O2S. The maximum atomic E-state index is 12.6. The molecule has 1 fully saturated rings. The van der Waals surface area contributed by atoms with Crippen LogP contribution in [0.4, 0.5) is 0 Å². The summed E-state index contributed by atoms with van der Waals surface area (Å²) >= 11 is 1.14. The van der Waals surface area contributed by atoms with Gasteiger partial charge >= 0.3 is 0 Å². The van der Waals surface area contributed by atoms with E-state index in [2.05, 4.69) is 27.1 Å². The van der Waals surface area contributed by atoms with Crippen LogP contribution in [0.2, 0.25) is 0 Å². The molecule has 1 saturated carbocycles. The molecule has 0 spiro atoms. The number of nitrogens with one attached hydrogen (secondary N) is 1. The Bertz CT molecular complexity index is 769. The van der Waals surface area contributed by atoms with Crippen LogP contribution in [0.15, 0.2) is 36.4 Å². The Balaban J connectivity index is 1.45. The van der Waals surface area contributed by atoms with Crippen molar-refractivity contribution in [1.29, 1.82) is 0 Å². The second-order valence-corrected chi connectivity index (χ2v) is 7.18. The summed E-state index contributed by atoms with van der Waals surface area (Å²) in [5.41, 5.74) is 1.51. The molecule has 1 N–H and O–H groups in total. The molecule has 6 heteroatoms. The Morgan fingerprint density at radius 3 is 2.79 bits per heavy atom. The first-order valence-corrected chi connectivity index (χ1v) is 8.95. The van der Waals surface area contributed by atoms with Gasteiger partial charge < -0.3 is 10.1 Å². The summed E-state index contributed by atoms with van der Waals surface area (Å²) < 4.78 is 9.13. The number of methoxy groups -OCH3 is 1. The zero-order chi connectivity index (χ0) is 16.5. The van der Waals surface area contributed by atoms with Crippen molar-refractivity contribution < 1.29 is 9.53 Å². The molecule has 4 rings (SSSR count). The number of ether oxygens (including phenoxy) is 1. The van der Waals surface area contributed by atoms with Gasteiger partial charge in [0.25, 0.3) is 5.91 Å². The fourth-order valence-corrected chi connectivity index (χ4v) is 4.32. The summed E-state index contributed by atoms with van der Waals surface area (Å²) in [6, 6.07) is 7.51. The summed E-state index contributed by atoms with van der Waals surface area (Å²) in [5, 5.41) is 7.21. The number of rotatable bonds is 5. The average Bonchev–Trinajstić information content (AvgIpc) is 3.35. The first kappa shape index (κ1) is 15.3. The van der Waals surface area contributed by atoms with Crippen molar-refractivity contribution in [3.8, 4) is 17.0 Å². The standard InChI is InChI=1S/C18H19N3O2S/c1-23-15-6-4-12(5-7-15)16-17(24-21-20-16)18(22)19-10-14-9-11-2-3-13(14)8-11/h2-7,11,13-14H,8-10H2,1H3,(H,19,22)/t11-,13+,14-/m1/s1. The molecule has 2 aliphatic carbocycles. The third-order valence-electron chi connectivity index (χ3n) is 5.00. The first-order chi connectivity index (χ1) is 11.7. The van der Waals surface area contributed by atoms with Crippen molar-refractivity contribution in [1.82, 2.24) is 14.9 Å². The van der Waals surface area contributed by atoms with Crippen LogP contribution in [0, 0.1) is 17.8 Å². The molecule has 0 radical (unpaired) electrons. The predicted octanol–water partition coefficient (Wildman–Crippen LogP) is 3.16. The van der Waals surface area contributed by atoms with E-state index in [1.54, 1.807) is 7.11 Å². The molecule has 24 heavy (non-hydrogen) atoms. The van der Waals surface area contributed by atoms with Crippen molar-refractivity contribution in [3.05, 3.63) is 41.3 Å². The van der Waals surface area contributed by atoms with Gasteiger partial charge in [0.15, 0.2) is 0 Å². The lowest BCUT2D eigenvalue weighted by Crippen LogP contribution is -2.30. The fourth-order valence-electron chi connectivity index (χ4n) is 3.71. The minimum Gasteiger partial charge on any atom is -0.497 e. The lowest BCUT2D eigenvalue weighted by Gasteiger charge is -2.18. The van der Waals surface area contributed by atoms with E-state index < -0.39 is 0 Å². The molecule has 0 saturated heterocycles. The molecule has 1 heterocycles. The zero-order valence-electron chi connectivity index (χ0n) is 13.4. The summed E-state index contributed by atoms with van der Waals surface area (Å²) in [4.78, 5) is 13.1. The smallest absolute Gasteiger partial charge is 0.265 e. The molecule has 124 valence electrons. The highest BCUT2D eigenvalue weighted by molar-refractivity contribution is 7.08. The second-order valence-electron chi connectivity index (χ2n) is 6.43. The molecule has 1 aromatic carbocycles. The van der Waals surface area contributed by atoms with E-state index in [0.717, 1.165) is 35.3 Å². The van der Waals surface area contributed by atoms with Gasteiger partial charge in [-0.2, -0.15) is 0 Å². The Hall–Kier alpha value is -2.21. The van der Waals surface area contributed by atoms with E-state index in [4.69, 9.17) is 4.74 Å². The maximum Gasteiger partial charge on any atom is 0.265 e. The van der Waals surface area contributed by atoms with Crippen LogP contribution in [0.25, 0.3) is 11.3 Å². The summed E-state index contributed by atoms with van der Waals surface area (Å²) in [5.74, 6) is 2.61. The second kappa shape index (κ2) is 6.36. The first-order valence-electron chi connectivity index (χ1n) is 8.18. The van der Waals surface area contributed by atoms with E-state index >= 15 is 0 Å². The third-order valence-corrected chi connectivity index (χ3v) is 5.72. The Kier molecular flexibility index (Phi) is 4.06. The van der Waals surface area contributed by atoms with Crippen LogP contribution in [0.1, 0.15) is 22.5 Å². The maximum absolute atomic E-state index is 12.6. The van der Waals surface area contributed by atoms with Gasteiger partial charge in [-0.25, -0.2) is 0 Å². The van der Waals surface area contributed by atoms with E-state index in [0.29, 0.717) is 22.4 Å². The zero-order valence-corrected chi connectivity index (χ0v) is 14.3. The SMILES string of the molecule is COc1ccc(-c2nnsc2C(=O)NC[C@H]2C[C@@H]3C=C[C@H]2C3)cc1. The van der Waals surface area contributed by atoms with Crippen LogP contribution in [0.3, 0.4) is 0 Å². The number of allylic oxidation sites excluding steroid dienone is 2. The molecule has 5 nitrogen and oxygen atoms in total. The quantitative estimate of drug-likeness (QED) is 0.849. The number of hydrogen-bond acceptors (Lipinski definition) is 5. The summed E-state index contributed by atoms with van der Waals surface area (Å²) in [7, 11) is 1.63. The number of carbonyl (C=O) groups is 1. The fraction of sp³-hybridized carbons (Fsp3) is 0.389. The van der Waals surface area contributed by atoms with Gasteiger partial charge in [0.2, 0.25) is 0 Å². The van der Waals surface area contributed by atoms with Crippen molar-refractivity contribution in [2.75, 3.05) is 13.7 Å². The van der Waals surface area contributed by atoms with Gasteiger partial charge in [-0.1, -0.05) is 16.6 Å². The van der Waals surface area contributed by atoms with Crippen LogP contribution < -0.4 is 10.1 Å². The van der Waals surface area contributed by atoms with Crippen LogP contribution >= 0.6 is 11.5 Å². The lowest BCUT2D eigenvalue weighted by atomic mass is 9.93. The molecule has 2 aromatic rings. The molecular weight excluding hydrogens is 322 g/mol. The number of hydrogen-bond donors (Lipinski definition) is 1. The highest BCUT2D eigenvalue weighted by atomic mass is 32.1. The average molecular weight is 341 g/mol. The van der Waals surface area contributed by atoms with Crippen molar-refractivity contribution in [2.24, 2.45) is 17.8 Å². The van der Waals surface area contributed by atoms with Crippen LogP contribution in [-0.4, -0.2) is 29.1 Å². The highest BCUT2D eigenvalue weighted by Crippen LogP contribution is 2.43. The third kappa shape index (κ3) is 2.82. The summed E-state index contributed by atoms with van der Waals surface area (Å²) in [6.45, 7) is 0.726. The van der Waals surface area contributed by atoms with Crippen molar-refractivity contribution in [2.45, 2.75) is 12.8 Å². The van der Waals surface area contributed by atoms with Gasteiger partial charge in [0, 0.05) is 12.1 Å². The van der Waals surface area contributed by atoms with Gasteiger partial charge in [0.05, 0.1) is 7.11 Å². The van der Waals surface area contributed by atoms with Crippen LogP contribution in [-0.2, 0) is 0 Å². The van der Waals surface area contributed by atoms with Gasteiger partial charge in [-0.05, 0) is 66.4 Å². The molecule has 1 aromatic heterocycles. The molecule has 0 aliphatic heterocycles. The van der Waals surface area contributed by atoms with Crippen molar-refractivity contribution >= 4 is 17.4 Å². The number of nitrogens with zero attached hydrogens (tertiary/aromatic N) is 2. The van der Waals surface area contributed by atoms with E-state index in [-0.39, 0.29) is 5.91 Å². The van der Waals surface area contributed by atoms with Gasteiger partial charge in [-0.15, -0.1) is 5.10 Å². The number of fused-ring (bicyclic) bond motifs is 2. The monoisotopic (exact) mass is 341 g/mol. The van der Waals surface area contributed by atoms with E-state index in [1.807, 2.05) is 24.3 Å². The van der Waals surface area contributed by atoms with E-state index in [1.165, 1.54) is 12.8 Å². The minimum atomic E-state index is -0.0810. The lowest BCUT2D eigenvalue weighted by molar-refractivity contribution is 0.0949. The van der Waals surface area contributed by atoms with E-state index in [9.17, 15) is 4.79 Å². The molecule has 2 bridgehead atoms.